The van der Waals surface area contributed by atoms with Crippen LogP contribution >= 0.6 is 23.2 Å². The normalized spacial score (nSPS) is 20.0. The number of nitriles is 1. The van der Waals surface area contributed by atoms with Gasteiger partial charge < -0.3 is 14.5 Å². The summed E-state index contributed by atoms with van der Waals surface area (Å²) >= 11 is 11.9. The van der Waals surface area contributed by atoms with Crippen LogP contribution in [-0.2, 0) is 11.3 Å². The molecule has 2 heterocycles. The molecule has 0 bridgehead atoms. The maximum atomic E-state index is 12.7. The van der Waals surface area contributed by atoms with Crippen molar-refractivity contribution < 1.29 is 14.3 Å². The standard InChI is InChI=1S/C22H19Cl2N3O3/c23-19-5-15(6-20(24)7-19)13-30-22(29)27-11-17-9-26(10-18(17)12-27)21(28)16-3-1-14(8-25)2-4-16/h1-7,17-18H,9-13H2/t17-,18-/m0/s1. The van der Waals surface area contributed by atoms with Gasteiger partial charge in [-0.3, -0.25) is 4.79 Å². The number of ether oxygens (including phenoxy) is 1. The number of nitrogens with zero attached hydrogens (tertiary/aromatic N) is 3. The molecule has 0 N–H and O–H groups in total. The Morgan fingerprint density at radius 3 is 2.10 bits per heavy atom. The predicted octanol–water partition coefficient (Wildman–Crippen LogP) is 4.21. The summed E-state index contributed by atoms with van der Waals surface area (Å²) in [5, 5.41) is 9.88. The van der Waals surface area contributed by atoms with Gasteiger partial charge in [0.25, 0.3) is 5.91 Å². The number of hydrogen-bond acceptors (Lipinski definition) is 4. The molecule has 154 valence electrons. The van der Waals surface area contributed by atoms with Crippen molar-refractivity contribution >= 4 is 35.2 Å². The molecule has 2 fully saturated rings. The molecular weight excluding hydrogens is 425 g/mol. The van der Waals surface area contributed by atoms with Gasteiger partial charge in [0.2, 0.25) is 0 Å². The first-order chi connectivity index (χ1) is 14.4. The Hall–Kier alpha value is -2.75. The monoisotopic (exact) mass is 443 g/mol. The number of benzene rings is 2. The van der Waals surface area contributed by atoms with Crippen molar-refractivity contribution in [1.29, 1.82) is 5.26 Å². The molecule has 2 aromatic carbocycles. The zero-order chi connectivity index (χ0) is 21.3. The second-order valence-corrected chi connectivity index (χ2v) is 8.53. The van der Waals surface area contributed by atoms with E-state index in [0.717, 1.165) is 5.56 Å². The van der Waals surface area contributed by atoms with E-state index in [1.807, 2.05) is 11.0 Å². The molecule has 6 nitrogen and oxygen atoms in total. The summed E-state index contributed by atoms with van der Waals surface area (Å²) in [7, 11) is 0. The third-order valence-corrected chi connectivity index (χ3v) is 6.01. The molecule has 2 aromatic rings. The highest BCUT2D eigenvalue weighted by Crippen LogP contribution is 2.32. The Labute approximate surface area is 184 Å². The van der Waals surface area contributed by atoms with E-state index in [9.17, 15) is 9.59 Å². The summed E-state index contributed by atoms with van der Waals surface area (Å²) in [6.07, 6.45) is -0.370. The largest absolute Gasteiger partial charge is 0.445 e. The van der Waals surface area contributed by atoms with E-state index < -0.39 is 0 Å². The van der Waals surface area contributed by atoms with Crippen molar-refractivity contribution in [3.63, 3.8) is 0 Å². The quantitative estimate of drug-likeness (QED) is 0.711. The smallest absolute Gasteiger partial charge is 0.410 e. The maximum Gasteiger partial charge on any atom is 0.410 e. The number of rotatable bonds is 3. The second-order valence-electron chi connectivity index (χ2n) is 7.66. The van der Waals surface area contributed by atoms with E-state index in [2.05, 4.69) is 0 Å². The first kappa shape index (κ1) is 20.5. The molecule has 0 aromatic heterocycles. The van der Waals surface area contributed by atoms with Crippen LogP contribution in [0.1, 0.15) is 21.5 Å². The maximum absolute atomic E-state index is 12.7. The van der Waals surface area contributed by atoms with E-state index in [4.69, 9.17) is 33.2 Å². The molecule has 0 aliphatic carbocycles. The van der Waals surface area contributed by atoms with Crippen molar-refractivity contribution in [2.75, 3.05) is 26.2 Å². The lowest BCUT2D eigenvalue weighted by Crippen LogP contribution is -2.35. The summed E-state index contributed by atoms with van der Waals surface area (Å²) < 4.78 is 5.42. The van der Waals surface area contributed by atoms with Gasteiger partial charge in [0, 0.05) is 53.6 Å². The molecular formula is C22H19Cl2N3O3. The van der Waals surface area contributed by atoms with Crippen molar-refractivity contribution in [3.8, 4) is 6.07 Å². The van der Waals surface area contributed by atoms with Crippen molar-refractivity contribution in [1.82, 2.24) is 9.80 Å². The molecule has 2 atom stereocenters. The Bertz CT molecular complexity index is 985. The Balaban J connectivity index is 1.30. The van der Waals surface area contributed by atoms with Gasteiger partial charge in [-0.1, -0.05) is 23.2 Å². The number of carbonyl (C=O) groups excluding carboxylic acids is 2. The molecule has 30 heavy (non-hydrogen) atoms. The predicted molar refractivity (Wildman–Crippen MR) is 112 cm³/mol. The summed E-state index contributed by atoms with van der Waals surface area (Å²) in [5.41, 5.74) is 1.84. The second kappa shape index (κ2) is 8.55. The fraction of sp³-hybridized carbons (Fsp3) is 0.318. The van der Waals surface area contributed by atoms with E-state index in [1.54, 1.807) is 47.4 Å². The highest BCUT2D eigenvalue weighted by Gasteiger charge is 2.43. The molecule has 8 heteroatoms. The first-order valence-electron chi connectivity index (χ1n) is 9.59. The number of amides is 2. The van der Waals surface area contributed by atoms with Crippen LogP contribution in [0.4, 0.5) is 4.79 Å². The van der Waals surface area contributed by atoms with Gasteiger partial charge in [-0.15, -0.1) is 0 Å². The lowest BCUT2D eigenvalue weighted by molar-refractivity contribution is 0.0764. The average Bonchev–Trinajstić information content (AvgIpc) is 3.30. The van der Waals surface area contributed by atoms with E-state index in [1.165, 1.54) is 0 Å². The number of halogens is 2. The van der Waals surface area contributed by atoms with Gasteiger partial charge in [-0.25, -0.2) is 4.79 Å². The molecule has 0 saturated carbocycles. The number of likely N-dealkylation sites (tertiary alicyclic amines) is 2. The highest BCUT2D eigenvalue weighted by atomic mass is 35.5. The number of hydrogen-bond donors (Lipinski definition) is 0. The van der Waals surface area contributed by atoms with Gasteiger partial charge in [-0.05, 0) is 48.0 Å². The van der Waals surface area contributed by atoms with Crippen molar-refractivity contribution in [2.45, 2.75) is 6.61 Å². The van der Waals surface area contributed by atoms with Crippen LogP contribution in [0, 0.1) is 23.2 Å². The molecule has 2 aliphatic rings. The Morgan fingerprint density at radius 1 is 0.967 bits per heavy atom. The highest BCUT2D eigenvalue weighted by molar-refractivity contribution is 6.34. The van der Waals surface area contributed by atoms with Crippen LogP contribution in [0.2, 0.25) is 10.0 Å². The van der Waals surface area contributed by atoms with Crippen LogP contribution < -0.4 is 0 Å². The molecule has 2 amide bonds. The minimum atomic E-state index is -0.370. The van der Waals surface area contributed by atoms with Gasteiger partial charge >= 0.3 is 6.09 Å². The average molecular weight is 444 g/mol. The van der Waals surface area contributed by atoms with Crippen LogP contribution in [0.25, 0.3) is 0 Å². The molecule has 0 spiro atoms. The van der Waals surface area contributed by atoms with Crippen LogP contribution in [-0.4, -0.2) is 48.0 Å². The summed E-state index contributed by atoms with van der Waals surface area (Å²) in [6.45, 7) is 2.45. The lowest BCUT2D eigenvalue weighted by Gasteiger charge is -2.21. The third kappa shape index (κ3) is 4.38. The fourth-order valence-corrected chi connectivity index (χ4v) is 4.68. The summed E-state index contributed by atoms with van der Waals surface area (Å²) in [6, 6.07) is 13.8. The zero-order valence-corrected chi connectivity index (χ0v) is 17.6. The van der Waals surface area contributed by atoms with Crippen molar-refractivity contribution in [2.24, 2.45) is 11.8 Å². The van der Waals surface area contributed by atoms with Crippen LogP contribution in [0.3, 0.4) is 0 Å². The van der Waals surface area contributed by atoms with E-state index in [0.29, 0.717) is 47.4 Å². The number of carbonyl (C=O) groups is 2. The SMILES string of the molecule is N#Cc1ccc(C(=O)N2C[C@H]3CN(C(=O)OCc4cc(Cl)cc(Cl)c4)C[C@@H]3C2)cc1. The molecule has 2 aliphatic heterocycles. The molecule has 0 unspecified atom stereocenters. The lowest BCUT2D eigenvalue weighted by atomic mass is 10.0. The van der Waals surface area contributed by atoms with Crippen LogP contribution in [0.15, 0.2) is 42.5 Å². The Morgan fingerprint density at radius 2 is 1.53 bits per heavy atom. The summed E-state index contributed by atoms with van der Waals surface area (Å²) in [4.78, 5) is 28.7. The summed E-state index contributed by atoms with van der Waals surface area (Å²) in [5.74, 6) is 0.432. The molecule has 2 saturated heterocycles. The number of fused-ring (bicyclic) bond motifs is 1. The van der Waals surface area contributed by atoms with Gasteiger partial charge in [0.1, 0.15) is 6.61 Å². The van der Waals surface area contributed by atoms with E-state index in [-0.39, 0.29) is 30.4 Å². The van der Waals surface area contributed by atoms with Gasteiger partial charge in [0.05, 0.1) is 11.6 Å². The minimum absolute atomic E-state index is 0.0409. The molecule has 4 rings (SSSR count). The Kier molecular flexibility index (Phi) is 5.85. The topological polar surface area (TPSA) is 73.6 Å². The van der Waals surface area contributed by atoms with Crippen molar-refractivity contribution in [3.05, 3.63) is 69.2 Å². The van der Waals surface area contributed by atoms with Gasteiger partial charge in [-0.2, -0.15) is 5.26 Å². The minimum Gasteiger partial charge on any atom is -0.445 e. The zero-order valence-electron chi connectivity index (χ0n) is 16.1. The molecule has 0 radical (unpaired) electrons. The third-order valence-electron chi connectivity index (χ3n) is 5.58. The van der Waals surface area contributed by atoms with Gasteiger partial charge in [0.15, 0.2) is 0 Å². The van der Waals surface area contributed by atoms with Crippen LogP contribution in [0.5, 0.6) is 0 Å². The fourth-order valence-electron chi connectivity index (χ4n) is 4.11. The van der Waals surface area contributed by atoms with E-state index >= 15 is 0 Å². The first-order valence-corrected chi connectivity index (χ1v) is 10.3.